The number of amides is 2. The van der Waals surface area contributed by atoms with Crippen molar-refractivity contribution in [1.29, 1.82) is 0 Å². The average molecular weight is 379 g/mol. The molecule has 1 aliphatic rings. The van der Waals surface area contributed by atoms with Crippen molar-refractivity contribution in [3.63, 3.8) is 0 Å². The lowest BCUT2D eigenvalue weighted by atomic mass is 10.3. The van der Waals surface area contributed by atoms with Gasteiger partial charge in [-0.2, -0.15) is 4.72 Å². The Hall–Kier alpha value is -2.05. The molecule has 12 heteroatoms. The summed E-state index contributed by atoms with van der Waals surface area (Å²) in [5, 5.41) is 0. The van der Waals surface area contributed by atoms with Crippen molar-refractivity contribution < 1.29 is 30.8 Å². The Bertz CT molecular complexity index is 913. The number of sulfonamides is 2. The number of halogens is 1. The number of anilines is 1. The van der Waals surface area contributed by atoms with Gasteiger partial charge >= 0.3 is 0 Å². The molecule has 2 rings (SSSR count). The maximum absolute atomic E-state index is 14.0. The Labute approximate surface area is 137 Å². The summed E-state index contributed by atoms with van der Waals surface area (Å²) in [6.45, 7) is 0. The highest BCUT2D eigenvalue weighted by Gasteiger charge is 2.39. The van der Waals surface area contributed by atoms with Gasteiger partial charge in [0.05, 0.1) is 18.4 Å². The Balaban J connectivity index is 2.27. The zero-order valence-electron chi connectivity index (χ0n) is 12.6. The fraction of sp³-hybridized carbons (Fsp3) is 0.333. The van der Waals surface area contributed by atoms with Gasteiger partial charge in [0.15, 0.2) is 0 Å². The van der Waals surface area contributed by atoms with Crippen molar-refractivity contribution in [2.24, 2.45) is 0 Å². The van der Waals surface area contributed by atoms with E-state index < -0.39 is 48.6 Å². The first-order valence-corrected chi connectivity index (χ1v) is 9.88. The van der Waals surface area contributed by atoms with Gasteiger partial charge in [0.25, 0.3) is 0 Å². The summed E-state index contributed by atoms with van der Waals surface area (Å²) in [6, 6.07) is 1.31. The first-order chi connectivity index (χ1) is 10.9. The smallest absolute Gasteiger partial charge is 0.247 e. The lowest BCUT2D eigenvalue weighted by molar-refractivity contribution is -0.137. The van der Waals surface area contributed by atoms with Crippen LogP contribution < -0.4 is 9.44 Å². The number of carbonyl (C=O) groups is 2. The van der Waals surface area contributed by atoms with E-state index in [-0.39, 0.29) is 12.1 Å². The van der Waals surface area contributed by atoms with Gasteiger partial charge in [0.2, 0.25) is 31.9 Å². The van der Waals surface area contributed by atoms with Crippen LogP contribution in [-0.2, 0) is 29.6 Å². The van der Waals surface area contributed by atoms with E-state index in [9.17, 15) is 30.8 Å². The summed E-state index contributed by atoms with van der Waals surface area (Å²) in [5.74, 6) is -2.50. The van der Waals surface area contributed by atoms with Gasteiger partial charge in [0.1, 0.15) is 16.8 Å². The predicted octanol–water partition coefficient (Wildman–Crippen LogP) is -0.767. The number of benzene rings is 1. The molecule has 2 amide bonds. The van der Waals surface area contributed by atoms with Gasteiger partial charge in [0, 0.05) is 7.05 Å². The molecule has 0 aromatic heterocycles. The number of likely N-dealkylation sites (tertiary alicyclic amines) is 1. The van der Waals surface area contributed by atoms with Crippen LogP contribution >= 0.6 is 0 Å². The molecule has 1 aromatic rings. The van der Waals surface area contributed by atoms with Crippen LogP contribution in [0.25, 0.3) is 0 Å². The van der Waals surface area contributed by atoms with Crippen molar-refractivity contribution in [2.75, 3.05) is 18.0 Å². The number of imide groups is 1. The molecule has 1 aliphatic heterocycles. The second-order valence-corrected chi connectivity index (χ2v) is 8.62. The second-order valence-electron chi connectivity index (χ2n) is 5.19. The Morgan fingerprint density at radius 3 is 2.29 bits per heavy atom. The molecule has 0 radical (unpaired) electrons. The molecule has 1 fully saturated rings. The highest BCUT2D eigenvalue weighted by atomic mass is 32.2. The highest BCUT2D eigenvalue weighted by Crippen LogP contribution is 2.21. The van der Waals surface area contributed by atoms with Crippen LogP contribution in [0.1, 0.15) is 6.42 Å². The van der Waals surface area contributed by atoms with E-state index in [1.54, 1.807) is 0 Å². The van der Waals surface area contributed by atoms with Gasteiger partial charge in [-0.15, -0.1) is 0 Å². The van der Waals surface area contributed by atoms with E-state index in [0.29, 0.717) is 6.07 Å². The lowest BCUT2D eigenvalue weighted by Gasteiger charge is -2.13. The maximum atomic E-state index is 14.0. The van der Waals surface area contributed by atoms with Gasteiger partial charge < -0.3 is 0 Å². The summed E-state index contributed by atoms with van der Waals surface area (Å²) in [4.78, 5) is 23.1. The highest BCUT2D eigenvalue weighted by molar-refractivity contribution is 7.92. The van der Waals surface area contributed by atoms with Crippen LogP contribution in [0.4, 0.5) is 10.1 Å². The zero-order valence-corrected chi connectivity index (χ0v) is 14.2. The summed E-state index contributed by atoms with van der Waals surface area (Å²) in [7, 11) is -6.85. The van der Waals surface area contributed by atoms with Gasteiger partial charge in [-0.05, 0) is 18.2 Å². The Morgan fingerprint density at radius 2 is 1.83 bits per heavy atom. The number of hydrogen-bond acceptors (Lipinski definition) is 6. The molecule has 1 saturated heterocycles. The van der Waals surface area contributed by atoms with Crippen LogP contribution in [0.5, 0.6) is 0 Å². The first kappa shape index (κ1) is 18.3. The molecule has 132 valence electrons. The number of carbonyl (C=O) groups excluding carboxylic acids is 2. The third-order valence-corrected chi connectivity index (χ3v) is 5.32. The predicted molar refractivity (Wildman–Crippen MR) is 81.4 cm³/mol. The van der Waals surface area contributed by atoms with E-state index in [4.69, 9.17) is 0 Å². The minimum atomic E-state index is -4.42. The molecule has 9 nitrogen and oxygen atoms in total. The SMILES string of the molecule is CN1C(=O)C[C@@H](NS(=O)(=O)c2ccc(NS(C)(=O)=O)cc2F)C1=O. The van der Waals surface area contributed by atoms with Gasteiger partial charge in [-0.1, -0.05) is 0 Å². The third kappa shape index (κ3) is 3.88. The molecular formula is C12H14FN3O6S2. The van der Waals surface area contributed by atoms with Crippen LogP contribution in [-0.4, -0.2) is 52.9 Å². The van der Waals surface area contributed by atoms with E-state index in [1.165, 1.54) is 7.05 Å². The van der Waals surface area contributed by atoms with Crippen molar-refractivity contribution >= 4 is 37.5 Å². The monoisotopic (exact) mass is 379 g/mol. The fourth-order valence-electron chi connectivity index (χ4n) is 2.09. The lowest BCUT2D eigenvalue weighted by Crippen LogP contribution is -2.40. The van der Waals surface area contributed by atoms with E-state index in [2.05, 4.69) is 0 Å². The molecule has 1 atom stereocenters. The summed E-state index contributed by atoms with van der Waals surface area (Å²) < 4.78 is 64.6. The quantitative estimate of drug-likeness (QED) is 0.647. The molecule has 1 aromatic carbocycles. The fourth-order valence-corrected chi connectivity index (χ4v) is 3.90. The molecule has 0 saturated carbocycles. The molecule has 0 bridgehead atoms. The summed E-state index contributed by atoms with van der Waals surface area (Å²) in [6.07, 6.45) is 0.500. The van der Waals surface area contributed by atoms with Crippen LogP contribution in [0.2, 0.25) is 0 Å². The number of likely N-dealkylation sites (N-methyl/N-ethyl adjacent to an activating group) is 1. The minimum Gasteiger partial charge on any atom is -0.284 e. The first-order valence-electron chi connectivity index (χ1n) is 6.51. The zero-order chi connectivity index (χ0) is 18.3. The van der Waals surface area contributed by atoms with Crippen LogP contribution in [0, 0.1) is 5.82 Å². The summed E-state index contributed by atoms with van der Waals surface area (Å²) in [5.41, 5.74) is -0.152. The standard InChI is InChI=1S/C12H14FN3O6S2/c1-16-11(17)6-9(12(16)18)15-24(21,22)10-4-3-7(5-8(10)13)14-23(2,19)20/h3-5,9,14-15H,6H2,1-2H3/t9-/m1/s1. The molecule has 0 aliphatic carbocycles. The Kier molecular flexibility index (Phi) is 4.65. The van der Waals surface area contributed by atoms with Gasteiger partial charge in [-0.25, -0.2) is 21.2 Å². The normalized spacial score (nSPS) is 19.0. The van der Waals surface area contributed by atoms with Crippen LogP contribution in [0.3, 0.4) is 0 Å². The molecule has 24 heavy (non-hydrogen) atoms. The maximum Gasteiger partial charge on any atom is 0.247 e. The van der Waals surface area contributed by atoms with Crippen LogP contribution in [0.15, 0.2) is 23.1 Å². The number of nitrogens with one attached hydrogen (secondary N) is 2. The number of hydrogen-bond donors (Lipinski definition) is 2. The third-order valence-electron chi connectivity index (χ3n) is 3.20. The van der Waals surface area contributed by atoms with E-state index in [1.807, 2.05) is 9.44 Å². The molecule has 2 N–H and O–H groups in total. The molecule has 0 spiro atoms. The number of rotatable bonds is 5. The van der Waals surface area contributed by atoms with Gasteiger partial charge in [-0.3, -0.25) is 19.2 Å². The molecular weight excluding hydrogens is 365 g/mol. The largest absolute Gasteiger partial charge is 0.284 e. The van der Waals surface area contributed by atoms with Crippen molar-refractivity contribution in [1.82, 2.24) is 9.62 Å². The van der Waals surface area contributed by atoms with E-state index in [0.717, 1.165) is 23.3 Å². The van der Waals surface area contributed by atoms with Crippen molar-refractivity contribution in [3.05, 3.63) is 24.0 Å². The summed E-state index contributed by atoms with van der Waals surface area (Å²) >= 11 is 0. The van der Waals surface area contributed by atoms with E-state index >= 15 is 0 Å². The molecule has 0 unspecified atom stereocenters. The molecule has 1 heterocycles. The average Bonchev–Trinajstić information content (AvgIpc) is 2.63. The van der Waals surface area contributed by atoms with Crippen molar-refractivity contribution in [2.45, 2.75) is 17.4 Å². The van der Waals surface area contributed by atoms with Crippen molar-refractivity contribution in [3.8, 4) is 0 Å². The minimum absolute atomic E-state index is 0.152. The number of nitrogens with zero attached hydrogens (tertiary/aromatic N) is 1. The second kappa shape index (κ2) is 6.11. The Morgan fingerprint density at radius 1 is 1.21 bits per heavy atom. The topological polar surface area (TPSA) is 130 Å².